The minimum Gasteiger partial charge on any atom is -0.390 e. The lowest BCUT2D eigenvalue weighted by Crippen LogP contribution is -1.97. The lowest BCUT2D eigenvalue weighted by atomic mass is 10.1. The normalized spacial score (nSPS) is 10.7. The SMILES string of the molecule is Cn1nc(Cc2cccc(Cl)c2)cc1CO. The molecule has 0 fully saturated rings. The largest absolute Gasteiger partial charge is 0.390 e. The van der Waals surface area contributed by atoms with Crippen LogP contribution in [0.5, 0.6) is 0 Å². The Labute approximate surface area is 99.3 Å². The molecule has 0 aliphatic heterocycles. The molecule has 1 N–H and O–H groups in total. The van der Waals surface area contributed by atoms with Crippen LogP contribution in [-0.4, -0.2) is 14.9 Å². The molecule has 0 aliphatic rings. The first-order valence-electron chi connectivity index (χ1n) is 5.06. The van der Waals surface area contributed by atoms with Crippen molar-refractivity contribution in [1.82, 2.24) is 9.78 Å². The van der Waals surface area contributed by atoms with Gasteiger partial charge in [-0.1, -0.05) is 23.7 Å². The van der Waals surface area contributed by atoms with Crippen LogP contribution in [0.2, 0.25) is 5.02 Å². The fourth-order valence-corrected chi connectivity index (χ4v) is 1.87. The van der Waals surface area contributed by atoms with E-state index >= 15 is 0 Å². The highest BCUT2D eigenvalue weighted by Gasteiger charge is 2.05. The van der Waals surface area contributed by atoms with Gasteiger partial charge >= 0.3 is 0 Å². The van der Waals surface area contributed by atoms with Gasteiger partial charge in [0.15, 0.2) is 0 Å². The van der Waals surface area contributed by atoms with Gasteiger partial charge in [0.1, 0.15) is 0 Å². The summed E-state index contributed by atoms with van der Waals surface area (Å²) in [7, 11) is 1.83. The van der Waals surface area contributed by atoms with E-state index in [-0.39, 0.29) is 6.61 Å². The molecule has 0 aliphatic carbocycles. The average molecular weight is 237 g/mol. The molecule has 0 unspecified atom stereocenters. The van der Waals surface area contributed by atoms with Crippen LogP contribution < -0.4 is 0 Å². The summed E-state index contributed by atoms with van der Waals surface area (Å²) in [6.45, 7) is 0.0129. The molecule has 84 valence electrons. The van der Waals surface area contributed by atoms with Crippen molar-refractivity contribution in [2.75, 3.05) is 0 Å². The van der Waals surface area contributed by atoms with Crippen LogP contribution in [0.1, 0.15) is 17.0 Å². The van der Waals surface area contributed by atoms with Gasteiger partial charge in [-0.3, -0.25) is 4.68 Å². The van der Waals surface area contributed by atoms with Gasteiger partial charge in [-0.05, 0) is 23.8 Å². The van der Waals surface area contributed by atoms with Crippen molar-refractivity contribution >= 4 is 11.6 Å². The Morgan fingerprint density at radius 3 is 2.81 bits per heavy atom. The van der Waals surface area contributed by atoms with Crippen LogP contribution in [0.25, 0.3) is 0 Å². The van der Waals surface area contributed by atoms with E-state index in [0.29, 0.717) is 0 Å². The van der Waals surface area contributed by atoms with Crippen LogP contribution in [-0.2, 0) is 20.1 Å². The second-order valence-electron chi connectivity index (χ2n) is 3.72. The molecule has 1 heterocycles. The minimum atomic E-state index is 0.0129. The van der Waals surface area contributed by atoms with E-state index in [9.17, 15) is 0 Å². The van der Waals surface area contributed by atoms with Gasteiger partial charge < -0.3 is 5.11 Å². The lowest BCUT2D eigenvalue weighted by Gasteiger charge is -1.98. The third kappa shape index (κ3) is 2.43. The highest BCUT2D eigenvalue weighted by atomic mass is 35.5. The van der Waals surface area contributed by atoms with Gasteiger partial charge in [-0.25, -0.2) is 0 Å². The molecule has 0 spiro atoms. The first-order valence-corrected chi connectivity index (χ1v) is 5.44. The smallest absolute Gasteiger partial charge is 0.0849 e. The van der Waals surface area contributed by atoms with E-state index in [1.807, 2.05) is 37.4 Å². The Kier molecular flexibility index (Phi) is 3.27. The van der Waals surface area contributed by atoms with Gasteiger partial charge in [-0.2, -0.15) is 5.10 Å². The van der Waals surface area contributed by atoms with E-state index in [1.165, 1.54) is 0 Å². The average Bonchev–Trinajstić information content (AvgIpc) is 2.58. The molecule has 0 saturated heterocycles. The Morgan fingerprint density at radius 1 is 1.38 bits per heavy atom. The van der Waals surface area contributed by atoms with E-state index in [4.69, 9.17) is 16.7 Å². The second kappa shape index (κ2) is 4.68. The molecule has 0 saturated carbocycles. The third-order valence-electron chi connectivity index (χ3n) is 2.46. The molecule has 0 atom stereocenters. The number of rotatable bonds is 3. The van der Waals surface area contributed by atoms with Crippen LogP contribution in [0.3, 0.4) is 0 Å². The number of aryl methyl sites for hydroxylation is 1. The van der Waals surface area contributed by atoms with Crippen molar-refractivity contribution in [3.8, 4) is 0 Å². The lowest BCUT2D eigenvalue weighted by molar-refractivity contribution is 0.270. The summed E-state index contributed by atoms with van der Waals surface area (Å²) in [5, 5.41) is 14.1. The monoisotopic (exact) mass is 236 g/mol. The zero-order chi connectivity index (χ0) is 11.5. The molecule has 0 amide bonds. The zero-order valence-corrected chi connectivity index (χ0v) is 9.78. The Hall–Kier alpha value is -1.32. The zero-order valence-electron chi connectivity index (χ0n) is 9.02. The van der Waals surface area contributed by atoms with Crippen LogP contribution >= 0.6 is 11.6 Å². The van der Waals surface area contributed by atoms with E-state index in [1.54, 1.807) is 4.68 Å². The standard InChI is InChI=1S/C12H13ClN2O/c1-15-12(8-16)7-11(14-15)6-9-3-2-4-10(13)5-9/h2-5,7,16H,6,8H2,1H3. The van der Waals surface area contributed by atoms with Crippen molar-refractivity contribution in [1.29, 1.82) is 0 Å². The maximum atomic E-state index is 9.06. The van der Waals surface area contributed by atoms with Gasteiger partial charge in [0, 0.05) is 18.5 Å². The summed E-state index contributed by atoms with van der Waals surface area (Å²) in [5.74, 6) is 0. The van der Waals surface area contributed by atoms with E-state index < -0.39 is 0 Å². The number of halogens is 1. The highest BCUT2D eigenvalue weighted by molar-refractivity contribution is 6.30. The number of nitrogens with zero attached hydrogens (tertiary/aromatic N) is 2. The molecule has 2 rings (SSSR count). The minimum absolute atomic E-state index is 0.0129. The van der Waals surface area contributed by atoms with E-state index in [0.717, 1.165) is 28.4 Å². The fraction of sp³-hybridized carbons (Fsp3) is 0.250. The molecule has 0 radical (unpaired) electrons. The van der Waals surface area contributed by atoms with Gasteiger partial charge in [0.25, 0.3) is 0 Å². The maximum Gasteiger partial charge on any atom is 0.0849 e. The summed E-state index contributed by atoms with van der Waals surface area (Å²) in [6.07, 6.45) is 0.731. The van der Waals surface area contributed by atoms with Crippen LogP contribution in [0, 0.1) is 0 Å². The first-order chi connectivity index (χ1) is 7.69. The number of aliphatic hydroxyl groups is 1. The number of aromatic nitrogens is 2. The topological polar surface area (TPSA) is 38.0 Å². The molecule has 4 heteroatoms. The van der Waals surface area contributed by atoms with Crippen LogP contribution in [0.15, 0.2) is 30.3 Å². The van der Waals surface area contributed by atoms with Gasteiger partial charge in [0.2, 0.25) is 0 Å². The Balaban J connectivity index is 2.20. The molecule has 2 aromatic rings. The van der Waals surface area contributed by atoms with E-state index in [2.05, 4.69) is 5.10 Å². The van der Waals surface area contributed by atoms with Crippen molar-refractivity contribution < 1.29 is 5.11 Å². The van der Waals surface area contributed by atoms with Crippen molar-refractivity contribution in [3.05, 3.63) is 52.3 Å². The number of benzene rings is 1. The highest BCUT2D eigenvalue weighted by Crippen LogP contribution is 2.14. The van der Waals surface area contributed by atoms with Crippen molar-refractivity contribution in [2.24, 2.45) is 7.05 Å². The molecule has 3 nitrogen and oxygen atoms in total. The predicted octanol–water partition coefficient (Wildman–Crippen LogP) is 2.16. The Bertz CT molecular complexity index is 494. The molecule has 1 aromatic carbocycles. The quantitative estimate of drug-likeness (QED) is 0.887. The first kappa shape index (κ1) is 11.2. The van der Waals surface area contributed by atoms with Crippen molar-refractivity contribution in [2.45, 2.75) is 13.0 Å². The summed E-state index contributed by atoms with van der Waals surface area (Å²) in [5.41, 5.74) is 2.88. The number of aliphatic hydroxyl groups excluding tert-OH is 1. The van der Waals surface area contributed by atoms with Crippen LogP contribution in [0.4, 0.5) is 0 Å². The molecule has 1 aromatic heterocycles. The summed E-state index contributed by atoms with van der Waals surface area (Å²) < 4.78 is 1.69. The van der Waals surface area contributed by atoms with Gasteiger partial charge in [0.05, 0.1) is 18.0 Å². The van der Waals surface area contributed by atoms with Crippen molar-refractivity contribution in [3.63, 3.8) is 0 Å². The van der Waals surface area contributed by atoms with Gasteiger partial charge in [-0.15, -0.1) is 0 Å². The molecular formula is C12H13ClN2O. The maximum absolute atomic E-state index is 9.06. The summed E-state index contributed by atoms with van der Waals surface area (Å²) in [6, 6.07) is 9.62. The summed E-state index contributed by atoms with van der Waals surface area (Å²) >= 11 is 5.91. The Morgan fingerprint density at radius 2 is 2.19 bits per heavy atom. The number of hydrogen-bond acceptors (Lipinski definition) is 2. The molecular weight excluding hydrogens is 224 g/mol. The summed E-state index contributed by atoms with van der Waals surface area (Å²) in [4.78, 5) is 0. The number of hydrogen-bond donors (Lipinski definition) is 1. The predicted molar refractivity (Wildman–Crippen MR) is 63.4 cm³/mol. The third-order valence-corrected chi connectivity index (χ3v) is 2.70. The molecule has 16 heavy (non-hydrogen) atoms. The molecule has 0 bridgehead atoms. The second-order valence-corrected chi connectivity index (χ2v) is 4.15. The fourth-order valence-electron chi connectivity index (χ4n) is 1.66.